The zero-order valence-corrected chi connectivity index (χ0v) is 14.2. The molecule has 0 radical (unpaired) electrons. The summed E-state index contributed by atoms with van der Waals surface area (Å²) in [6.07, 6.45) is 2.45. The van der Waals surface area contributed by atoms with Crippen LogP contribution in [0.2, 0.25) is 10.0 Å². The molecular weight excluding hydrogens is 327 g/mol. The van der Waals surface area contributed by atoms with Crippen LogP contribution in [-0.4, -0.2) is 15.9 Å². The average Bonchev–Trinajstić information content (AvgIpc) is 2.80. The van der Waals surface area contributed by atoms with Crippen molar-refractivity contribution < 1.29 is 9.15 Å². The second kappa shape index (κ2) is 7.20. The van der Waals surface area contributed by atoms with E-state index in [0.29, 0.717) is 33.8 Å². The van der Waals surface area contributed by atoms with Gasteiger partial charge in [-0.05, 0) is 26.3 Å². The summed E-state index contributed by atoms with van der Waals surface area (Å²) in [5, 5.41) is 4.87. The Morgan fingerprint density at radius 3 is 2.68 bits per heavy atom. The number of unbranched alkanes of at least 4 members (excludes halogenated alkanes) is 1. The Kier molecular flexibility index (Phi) is 5.53. The molecule has 0 aliphatic carbocycles. The lowest BCUT2D eigenvalue weighted by Gasteiger charge is -2.13. The monoisotopic (exact) mass is 344 g/mol. The highest BCUT2D eigenvalue weighted by Gasteiger charge is 2.16. The van der Waals surface area contributed by atoms with Crippen LogP contribution in [0.15, 0.2) is 21.3 Å². The summed E-state index contributed by atoms with van der Waals surface area (Å²) in [7, 11) is 0. The van der Waals surface area contributed by atoms with Crippen molar-refractivity contribution in [3.63, 3.8) is 0 Å². The topological polar surface area (TPSA) is 57.3 Å². The summed E-state index contributed by atoms with van der Waals surface area (Å²) in [5.74, 6) is 0.260. The number of rotatable bonds is 6. The molecule has 1 aromatic heterocycles. The fourth-order valence-electron chi connectivity index (χ4n) is 1.92. The van der Waals surface area contributed by atoms with Gasteiger partial charge in [-0.25, -0.2) is 4.79 Å². The van der Waals surface area contributed by atoms with Crippen molar-refractivity contribution in [2.24, 2.45) is 0 Å². The second-order valence-electron chi connectivity index (χ2n) is 5.18. The van der Waals surface area contributed by atoms with Crippen LogP contribution in [0, 0.1) is 0 Å². The minimum absolute atomic E-state index is 0.0549. The van der Waals surface area contributed by atoms with Gasteiger partial charge in [0.1, 0.15) is 5.75 Å². The van der Waals surface area contributed by atoms with Crippen molar-refractivity contribution in [2.75, 3.05) is 0 Å². The zero-order chi connectivity index (χ0) is 16.3. The van der Waals surface area contributed by atoms with Crippen LogP contribution in [0.3, 0.4) is 0 Å². The van der Waals surface area contributed by atoms with E-state index in [9.17, 15) is 4.79 Å². The zero-order valence-electron chi connectivity index (χ0n) is 12.7. The van der Waals surface area contributed by atoms with E-state index in [1.807, 2.05) is 13.8 Å². The number of hydrogen-bond acceptors (Lipinski definition) is 4. The average molecular weight is 345 g/mol. The van der Waals surface area contributed by atoms with Gasteiger partial charge in [0, 0.05) is 12.5 Å². The summed E-state index contributed by atoms with van der Waals surface area (Å²) in [5.41, 5.74) is 0.387. The Bertz CT molecular complexity index is 707. The molecule has 0 bridgehead atoms. The summed E-state index contributed by atoms with van der Waals surface area (Å²) in [4.78, 5) is 12.0. The molecule has 1 heterocycles. The maximum Gasteiger partial charge on any atom is 0.442 e. The van der Waals surface area contributed by atoms with E-state index in [0.717, 1.165) is 17.5 Å². The summed E-state index contributed by atoms with van der Waals surface area (Å²) >= 11 is 12.3. The molecule has 0 fully saturated rings. The molecule has 0 amide bonds. The summed E-state index contributed by atoms with van der Waals surface area (Å²) < 4.78 is 11.9. The van der Waals surface area contributed by atoms with Gasteiger partial charge in [0.15, 0.2) is 0 Å². The predicted octanol–water partition coefficient (Wildman–Crippen LogP) is 4.26. The Morgan fingerprint density at radius 2 is 2.05 bits per heavy atom. The van der Waals surface area contributed by atoms with Crippen LogP contribution in [0.5, 0.6) is 5.75 Å². The van der Waals surface area contributed by atoms with Gasteiger partial charge in [0.2, 0.25) is 5.89 Å². The number of ether oxygens (including phenoxy) is 1. The maximum absolute atomic E-state index is 12.0. The standard InChI is InChI=1S/C15H18Cl2N2O3/c1-4-5-6-14-18-19(15(20)22-14)12-8-13(21-9(2)3)11(17)7-10(12)16/h7-9H,4-6H2,1-3H3. The quantitative estimate of drug-likeness (QED) is 0.785. The number of aromatic nitrogens is 2. The maximum atomic E-state index is 12.0. The molecule has 0 N–H and O–H groups in total. The van der Waals surface area contributed by atoms with Gasteiger partial charge in [0.25, 0.3) is 0 Å². The lowest BCUT2D eigenvalue weighted by atomic mass is 10.2. The van der Waals surface area contributed by atoms with E-state index in [-0.39, 0.29) is 6.10 Å². The second-order valence-corrected chi connectivity index (χ2v) is 5.99. The largest absolute Gasteiger partial charge is 0.489 e. The van der Waals surface area contributed by atoms with Gasteiger partial charge in [-0.2, -0.15) is 4.68 Å². The van der Waals surface area contributed by atoms with E-state index in [1.54, 1.807) is 6.07 Å². The van der Waals surface area contributed by atoms with E-state index >= 15 is 0 Å². The predicted molar refractivity (Wildman–Crippen MR) is 86.5 cm³/mol. The summed E-state index contributed by atoms with van der Waals surface area (Å²) in [6, 6.07) is 3.13. The molecule has 120 valence electrons. The van der Waals surface area contributed by atoms with E-state index in [1.165, 1.54) is 6.07 Å². The molecule has 2 rings (SSSR count). The fourth-order valence-corrected chi connectivity index (χ4v) is 2.43. The van der Waals surface area contributed by atoms with Crippen molar-refractivity contribution in [3.05, 3.63) is 38.6 Å². The molecule has 22 heavy (non-hydrogen) atoms. The van der Waals surface area contributed by atoms with Gasteiger partial charge in [-0.15, -0.1) is 5.10 Å². The van der Waals surface area contributed by atoms with Crippen molar-refractivity contribution in [1.29, 1.82) is 0 Å². The normalized spacial score (nSPS) is 11.2. The highest BCUT2D eigenvalue weighted by molar-refractivity contribution is 6.36. The van der Waals surface area contributed by atoms with Crippen LogP contribution in [0.25, 0.3) is 5.69 Å². The van der Waals surface area contributed by atoms with Crippen molar-refractivity contribution in [1.82, 2.24) is 9.78 Å². The molecule has 0 saturated heterocycles. The van der Waals surface area contributed by atoms with E-state index in [2.05, 4.69) is 12.0 Å². The van der Waals surface area contributed by atoms with E-state index in [4.69, 9.17) is 32.4 Å². The first-order valence-corrected chi connectivity index (χ1v) is 7.93. The fraction of sp³-hybridized carbons (Fsp3) is 0.467. The lowest BCUT2D eigenvalue weighted by Crippen LogP contribution is -2.14. The Labute approximate surface area is 138 Å². The van der Waals surface area contributed by atoms with Crippen molar-refractivity contribution >= 4 is 23.2 Å². The number of halogens is 2. The van der Waals surface area contributed by atoms with Crippen LogP contribution < -0.4 is 10.5 Å². The first kappa shape index (κ1) is 16.9. The Hall–Kier alpha value is -1.46. The number of hydrogen-bond donors (Lipinski definition) is 0. The molecular formula is C15H18Cl2N2O3. The Balaban J connectivity index is 2.43. The molecule has 7 heteroatoms. The minimum Gasteiger partial charge on any atom is -0.489 e. The molecule has 0 unspecified atom stereocenters. The molecule has 0 aliphatic rings. The minimum atomic E-state index is -0.578. The van der Waals surface area contributed by atoms with E-state index < -0.39 is 5.76 Å². The van der Waals surface area contributed by atoms with Gasteiger partial charge >= 0.3 is 5.76 Å². The summed E-state index contributed by atoms with van der Waals surface area (Å²) in [6.45, 7) is 5.83. The van der Waals surface area contributed by atoms with Crippen molar-refractivity contribution in [3.8, 4) is 11.4 Å². The highest BCUT2D eigenvalue weighted by atomic mass is 35.5. The van der Waals surface area contributed by atoms with Gasteiger partial charge in [-0.3, -0.25) is 0 Å². The molecule has 0 atom stereocenters. The molecule has 0 aliphatic heterocycles. The number of nitrogens with zero attached hydrogens (tertiary/aromatic N) is 2. The number of aryl methyl sites for hydroxylation is 1. The number of benzene rings is 1. The van der Waals surface area contributed by atoms with Crippen LogP contribution >= 0.6 is 23.2 Å². The van der Waals surface area contributed by atoms with Gasteiger partial charge < -0.3 is 9.15 Å². The molecule has 2 aromatic rings. The molecule has 0 saturated carbocycles. The first-order chi connectivity index (χ1) is 10.4. The lowest BCUT2D eigenvalue weighted by molar-refractivity contribution is 0.242. The van der Waals surface area contributed by atoms with Crippen LogP contribution in [0.4, 0.5) is 0 Å². The highest BCUT2D eigenvalue weighted by Crippen LogP contribution is 2.33. The third-order valence-electron chi connectivity index (χ3n) is 2.93. The SMILES string of the molecule is CCCCc1nn(-c2cc(OC(C)C)c(Cl)cc2Cl)c(=O)o1. The molecule has 0 spiro atoms. The molecule has 1 aromatic carbocycles. The van der Waals surface area contributed by atoms with Crippen LogP contribution in [-0.2, 0) is 6.42 Å². The molecule has 5 nitrogen and oxygen atoms in total. The first-order valence-electron chi connectivity index (χ1n) is 7.17. The van der Waals surface area contributed by atoms with Gasteiger partial charge in [0.05, 0.1) is 21.8 Å². The Morgan fingerprint density at radius 1 is 1.32 bits per heavy atom. The third-order valence-corrected chi connectivity index (χ3v) is 3.52. The van der Waals surface area contributed by atoms with Crippen molar-refractivity contribution in [2.45, 2.75) is 46.1 Å². The van der Waals surface area contributed by atoms with Gasteiger partial charge in [-0.1, -0.05) is 36.5 Å². The third kappa shape index (κ3) is 3.84. The van der Waals surface area contributed by atoms with Crippen LogP contribution in [0.1, 0.15) is 39.5 Å². The smallest absolute Gasteiger partial charge is 0.442 e.